The molecule has 0 saturated carbocycles. The lowest BCUT2D eigenvalue weighted by Crippen LogP contribution is -2.62. The van der Waals surface area contributed by atoms with Gasteiger partial charge in [-0.1, -0.05) is 0 Å². The quantitative estimate of drug-likeness (QED) is 0.716. The van der Waals surface area contributed by atoms with E-state index in [0.717, 1.165) is 12.8 Å². The molecule has 29 heavy (non-hydrogen) atoms. The van der Waals surface area contributed by atoms with Gasteiger partial charge in [0.1, 0.15) is 18.1 Å². The summed E-state index contributed by atoms with van der Waals surface area (Å²) in [5.41, 5.74) is 0.554. The Balaban J connectivity index is 1.56. The molecular formula is C23H30N2O4. The summed E-state index contributed by atoms with van der Waals surface area (Å²) in [7, 11) is 0. The molecule has 3 rings (SSSR count). The van der Waals surface area contributed by atoms with E-state index in [-0.39, 0.29) is 41.2 Å². The maximum absolute atomic E-state index is 12.6. The van der Waals surface area contributed by atoms with Crippen molar-refractivity contribution < 1.29 is 18.7 Å². The molecule has 1 aromatic carbocycles. The van der Waals surface area contributed by atoms with Gasteiger partial charge in [0.05, 0.1) is 0 Å². The smallest absolute Gasteiger partial charge is 0.287 e. The fraction of sp³-hybridized carbons (Fsp3) is 0.478. The van der Waals surface area contributed by atoms with Gasteiger partial charge < -0.3 is 19.8 Å². The summed E-state index contributed by atoms with van der Waals surface area (Å²) in [5, 5.41) is 6.72. The van der Waals surface area contributed by atoms with Gasteiger partial charge in [0, 0.05) is 22.7 Å². The number of carbonyl (C=O) groups excluding carboxylic acids is 2. The zero-order valence-corrected chi connectivity index (χ0v) is 17.8. The van der Waals surface area contributed by atoms with Gasteiger partial charge in [-0.3, -0.25) is 9.59 Å². The van der Waals surface area contributed by atoms with Crippen LogP contribution in [-0.2, 0) is 6.61 Å². The SMILES string of the molecule is CC(=O)c1ccc(OCc2ccc(C(=O)NC3CC(C)(C)NC(C)(C)C3)o2)cc1. The average Bonchev–Trinajstić information content (AvgIpc) is 3.06. The number of nitrogens with one attached hydrogen (secondary N) is 2. The van der Waals surface area contributed by atoms with Crippen molar-refractivity contribution in [2.75, 3.05) is 0 Å². The Morgan fingerprint density at radius 1 is 1.07 bits per heavy atom. The third-order valence-electron chi connectivity index (χ3n) is 5.05. The van der Waals surface area contributed by atoms with Crippen LogP contribution in [0.15, 0.2) is 40.8 Å². The number of benzene rings is 1. The van der Waals surface area contributed by atoms with Gasteiger partial charge in [0.2, 0.25) is 0 Å². The van der Waals surface area contributed by atoms with E-state index >= 15 is 0 Å². The van der Waals surface area contributed by atoms with Gasteiger partial charge in [-0.2, -0.15) is 0 Å². The average molecular weight is 399 g/mol. The van der Waals surface area contributed by atoms with E-state index < -0.39 is 0 Å². The van der Waals surface area contributed by atoms with E-state index in [2.05, 4.69) is 38.3 Å². The molecular weight excluding hydrogens is 368 g/mol. The van der Waals surface area contributed by atoms with Gasteiger partial charge in [0.15, 0.2) is 11.5 Å². The molecule has 0 bridgehead atoms. The molecule has 0 atom stereocenters. The van der Waals surface area contributed by atoms with Crippen LogP contribution in [0.3, 0.4) is 0 Å². The lowest BCUT2D eigenvalue weighted by Gasteiger charge is -2.46. The Morgan fingerprint density at radius 2 is 1.69 bits per heavy atom. The number of amides is 1. The van der Waals surface area contributed by atoms with Crippen LogP contribution in [0.25, 0.3) is 0 Å². The number of hydrogen-bond acceptors (Lipinski definition) is 5. The molecule has 2 N–H and O–H groups in total. The van der Waals surface area contributed by atoms with E-state index in [4.69, 9.17) is 9.15 Å². The predicted octanol–water partition coefficient (Wildman–Crippen LogP) is 4.10. The molecule has 1 fully saturated rings. The normalized spacial score (nSPS) is 18.2. The fourth-order valence-corrected chi connectivity index (χ4v) is 4.20. The van der Waals surface area contributed by atoms with E-state index in [1.165, 1.54) is 6.92 Å². The van der Waals surface area contributed by atoms with Crippen molar-refractivity contribution in [3.05, 3.63) is 53.5 Å². The fourth-order valence-electron chi connectivity index (χ4n) is 4.20. The van der Waals surface area contributed by atoms with Crippen LogP contribution >= 0.6 is 0 Å². The summed E-state index contributed by atoms with van der Waals surface area (Å²) < 4.78 is 11.3. The van der Waals surface area contributed by atoms with Gasteiger partial charge in [0.25, 0.3) is 5.91 Å². The molecule has 6 heteroatoms. The van der Waals surface area contributed by atoms with Gasteiger partial charge in [-0.15, -0.1) is 0 Å². The zero-order valence-electron chi connectivity index (χ0n) is 17.8. The summed E-state index contributed by atoms with van der Waals surface area (Å²) in [4.78, 5) is 23.9. The minimum atomic E-state index is -0.208. The number of piperidine rings is 1. The first-order valence-electron chi connectivity index (χ1n) is 9.96. The molecule has 1 amide bonds. The summed E-state index contributed by atoms with van der Waals surface area (Å²) in [5.74, 6) is 1.29. The Morgan fingerprint density at radius 3 is 2.28 bits per heavy atom. The second kappa shape index (κ2) is 8.03. The van der Waals surface area contributed by atoms with E-state index in [9.17, 15) is 9.59 Å². The minimum Gasteiger partial charge on any atom is -0.486 e. The summed E-state index contributed by atoms with van der Waals surface area (Å²) in [6.07, 6.45) is 1.71. The van der Waals surface area contributed by atoms with Crippen molar-refractivity contribution in [2.45, 2.75) is 71.2 Å². The van der Waals surface area contributed by atoms with Crippen LogP contribution in [-0.4, -0.2) is 28.8 Å². The molecule has 0 unspecified atom stereocenters. The molecule has 2 heterocycles. The molecule has 0 aliphatic carbocycles. The van der Waals surface area contributed by atoms with Crippen LogP contribution in [0.1, 0.15) is 74.1 Å². The lowest BCUT2D eigenvalue weighted by molar-refractivity contribution is 0.0842. The first-order chi connectivity index (χ1) is 13.5. The van der Waals surface area contributed by atoms with Gasteiger partial charge >= 0.3 is 0 Å². The highest BCUT2D eigenvalue weighted by Gasteiger charge is 2.38. The Hall–Kier alpha value is -2.60. The Bertz CT molecular complexity index is 865. The maximum atomic E-state index is 12.6. The number of carbonyl (C=O) groups is 2. The Labute approximate surface area is 172 Å². The zero-order chi connectivity index (χ0) is 21.2. The summed E-state index contributed by atoms with van der Waals surface area (Å²) >= 11 is 0. The third-order valence-corrected chi connectivity index (χ3v) is 5.05. The molecule has 1 aliphatic rings. The molecule has 1 aliphatic heterocycles. The number of Topliss-reactive ketones (excluding diaryl/α,β-unsaturated/α-hetero) is 1. The van der Waals surface area contributed by atoms with Gasteiger partial charge in [-0.25, -0.2) is 0 Å². The molecule has 2 aromatic rings. The molecule has 156 valence electrons. The summed E-state index contributed by atoms with van der Waals surface area (Å²) in [6, 6.07) is 10.4. The number of ether oxygens (including phenoxy) is 1. The van der Waals surface area contributed by atoms with Crippen LogP contribution in [0.4, 0.5) is 0 Å². The van der Waals surface area contributed by atoms with Crippen molar-refractivity contribution in [3.8, 4) is 5.75 Å². The monoisotopic (exact) mass is 398 g/mol. The molecule has 1 aromatic heterocycles. The van der Waals surface area contributed by atoms with Crippen molar-refractivity contribution in [3.63, 3.8) is 0 Å². The number of furan rings is 1. The first-order valence-corrected chi connectivity index (χ1v) is 9.96. The minimum absolute atomic E-state index is 0.0127. The van der Waals surface area contributed by atoms with Crippen LogP contribution < -0.4 is 15.4 Å². The predicted molar refractivity (Wildman–Crippen MR) is 111 cm³/mol. The van der Waals surface area contributed by atoms with Crippen LogP contribution in [0, 0.1) is 0 Å². The maximum Gasteiger partial charge on any atom is 0.287 e. The Kier molecular flexibility index (Phi) is 5.85. The van der Waals surface area contributed by atoms with E-state index in [0.29, 0.717) is 17.1 Å². The lowest BCUT2D eigenvalue weighted by atomic mass is 9.79. The highest BCUT2D eigenvalue weighted by molar-refractivity contribution is 5.94. The number of ketones is 1. The first kappa shape index (κ1) is 21.1. The highest BCUT2D eigenvalue weighted by atomic mass is 16.5. The largest absolute Gasteiger partial charge is 0.486 e. The van der Waals surface area contributed by atoms with Crippen LogP contribution in [0.2, 0.25) is 0 Å². The molecule has 1 saturated heterocycles. The molecule has 6 nitrogen and oxygen atoms in total. The number of rotatable bonds is 6. The number of hydrogen-bond donors (Lipinski definition) is 2. The van der Waals surface area contributed by atoms with E-state index in [1.807, 2.05) is 0 Å². The highest BCUT2D eigenvalue weighted by Crippen LogP contribution is 2.28. The van der Waals surface area contributed by atoms with Gasteiger partial charge in [-0.05, 0) is 83.9 Å². The summed E-state index contributed by atoms with van der Waals surface area (Å²) in [6.45, 7) is 10.3. The topological polar surface area (TPSA) is 80.6 Å². The second-order valence-electron chi connectivity index (χ2n) is 9.11. The third kappa shape index (κ3) is 5.70. The van der Waals surface area contributed by atoms with Crippen molar-refractivity contribution in [2.24, 2.45) is 0 Å². The second-order valence-corrected chi connectivity index (χ2v) is 9.11. The van der Waals surface area contributed by atoms with Crippen molar-refractivity contribution in [1.82, 2.24) is 10.6 Å². The molecule has 0 spiro atoms. The molecule has 0 radical (unpaired) electrons. The van der Waals surface area contributed by atoms with Crippen molar-refractivity contribution in [1.29, 1.82) is 0 Å². The standard InChI is InChI=1S/C23H30N2O4/c1-15(26)16-6-8-18(9-7-16)28-14-19-10-11-20(29-19)21(27)24-17-12-22(2,3)25-23(4,5)13-17/h6-11,17,25H,12-14H2,1-5H3,(H,24,27). The van der Waals surface area contributed by atoms with E-state index in [1.54, 1.807) is 36.4 Å². The van der Waals surface area contributed by atoms with Crippen LogP contribution in [0.5, 0.6) is 5.75 Å². The van der Waals surface area contributed by atoms with Crippen molar-refractivity contribution >= 4 is 11.7 Å².